The Balaban J connectivity index is 1.90. The van der Waals surface area contributed by atoms with Crippen molar-refractivity contribution >= 4 is 11.2 Å². The molecule has 0 amide bonds. The van der Waals surface area contributed by atoms with Gasteiger partial charge in [0.05, 0.1) is 5.56 Å². The number of hydrogen-bond donors (Lipinski definition) is 0. The number of nitrogens with zero attached hydrogens (tertiary/aromatic N) is 3. The van der Waals surface area contributed by atoms with Crippen LogP contribution in [0.4, 0.5) is 13.2 Å². The molecular weight excluding hydrogens is 279 g/mol. The van der Waals surface area contributed by atoms with E-state index in [-0.39, 0.29) is 0 Å². The van der Waals surface area contributed by atoms with Crippen molar-refractivity contribution in [2.75, 3.05) is 0 Å². The van der Waals surface area contributed by atoms with E-state index in [4.69, 9.17) is 0 Å². The van der Waals surface area contributed by atoms with Crippen molar-refractivity contribution in [3.63, 3.8) is 0 Å². The molecule has 0 saturated carbocycles. The van der Waals surface area contributed by atoms with Crippen LogP contribution in [-0.4, -0.2) is 14.5 Å². The lowest BCUT2D eigenvalue weighted by molar-refractivity contribution is -0.137. The molecule has 0 N–H and O–H groups in total. The Kier molecular flexibility index (Phi) is 3.16. The van der Waals surface area contributed by atoms with E-state index in [2.05, 4.69) is 9.97 Å². The van der Waals surface area contributed by atoms with Gasteiger partial charge >= 0.3 is 6.18 Å². The highest BCUT2D eigenvalue weighted by Crippen LogP contribution is 2.29. The molecule has 0 aliphatic carbocycles. The monoisotopic (exact) mass is 291 g/mol. The van der Waals surface area contributed by atoms with E-state index in [1.165, 1.54) is 12.1 Å². The molecule has 21 heavy (non-hydrogen) atoms. The fourth-order valence-corrected chi connectivity index (χ4v) is 2.22. The van der Waals surface area contributed by atoms with E-state index in [0.29, 0.717) is 6.42 Å². The third-order valence-electron chi connectivity index (χ3n) is 3.36. The van der Waals surface area contributed by atoms with Gasteiger partial charge in [-0.25, -0.2) is 9.97 Å². The molecule has 0 aliphatic heterocycles. The number of halogens is 3. The first-order valence-corrected chi connectivity index (χ1v) is 6.37. The lowest BCUT2D eigenvalue weighted by Gasteiger charge is -2.07. The second kappa shape index (κ2) is 4.87. The summed E-state index contributed by atoms with van der Waals surface area (Å²) in [4.78, 5) is 8.70. The van der Waals surface area contributed by atoms with E-state index in [1.54, 1.807) is 12.3 Å². The lowest BCUT2D eigenvalue weighted by atomic mass is 10.1. The summed E-state index contributed by atoms with van der Waals surface area (Å²) >= 11 is 0. The molecule has 0 aliphatic rings. The van der Waals surface area contributed by atoms with E-state index < -0.39 is 11.7 Å². The molecule has 0 atom stereocenters. The average molecular weight is 291 g/mol. The number of benzene rings is 1. The van der Waals surface area contributed by atoms with Crippen molar-refractivity contribution in [1.82, 2.24) is 14.5 Å². The Labute approximate surface area is 119 Å². The van der Waals surface area contributed by atoms with Crippen molar-refractivity contribution in [3.8, 4) is 0 Å². The first-order valence-electron chi connectivity index (χ1n) is 6.37. The normalized spacial score (nSPS) is 12.0. The number of aryl methyl sites for hydroxylation is 1. The topological polar surface area (TPSA) is 30.7 Å². The van der Waals surface area contributed by atoms with Crippen LogP contribution in [0.2, 0.25) is 0 Å². The Morgan fingerprint density at radius 3 is 2.43 bits per heavy atom. The van der Waals surface area contributed by atoms with E-state index in [1.807, 2.05) is 17.7 Å². The number of fused-ring (bicyclic) bond motifs is 1. The number of imidazole rings is 1. The largest absolute Gasteiger partial charge is 0.416 e. The van der Waals surface area contributed by atoms with Crippen molar-refractivity contribution in [1.29, 1.82) is 0 Å². The minimum Gasteiger partial charge on any atom is -0.316 e. The zero-order chi connectivity index (χ0) is 15.0. The maximum atomic E-state index is 12.5. The van der Waals surface area contributed by atoms with Gasteiger partial charge < -0.3 is 4.57 Å². The third kappa shape index (κ3) is 2.61. The SMILES string of the molecule is Cn1c(Cc2ccc(C(F)(F)F)cc2)nc2cccnc21. The minimum atomic E-state index is -4.31. The fraction of sp³-hybridized carbons (Fsp3) is 0.200. The molecule has 0 saturated heterocycles. The Morgan fingerprint density at radius 2 is 1.81 bits per heavy atom. The first kappa shape index (κ1) is 13.6. The van der Waals surface area contributed by atoms with Crippen LogP contribution in [0.5, 0.6) is 0 Å². The molecule has 3 aromatic rings. The summed E-state index contributed by atoms with van der Waals surface area (Å²) < 4.78 is 39.4. The Morgan fingerprint density at radius 1 is 1.10 bits per heavy atom. The second-order valence-electron chi connectivity index (χ2n) is 4.80. The number of rotatable bonds is 2. The third-order valence-corrected chi connectivity index (χ3v) is 3.36. The van der Waals surface area contributed by atoms with Gasteiger partial charge in [0.1, 0.15) is 11.3 Å². The van der Waals surface area contributed by atoms with E-state index >= 15 is 0 Å². The van der Waals surface area contributed by atoms with E-state index in [0.717, 1.165) is 34.7 Å². The molecule has 1 aromatic carbocycles. The molecule has 0 unspecified atom stereocenters. The molecule has 3 rings (SSSR count). The van der Waals surface area contributed by atoms with Crippen LogP contribution in [0.15, 0.2) is 42.6 Å². The van der Waals surface area contributed by atoms with Crippen molar-refractivity contribution < 1.29 is 13.2 Å². The zero-order valence-electron chi connectivity index (χ0n) is 11.2. The summed E-state index contributed by atoms with van der Waals surface area (Å²) in [6.07, 6.45) is -2.16. The van der Waals surface area contributed by atoms with Crippen LogP contribution in [0, 0.1) is 0 Å². The van der Waals surface area contributed by atoms with Crippen molar-refractivity contribution in [2.45, 2.75) is 12.6 Å². The van der Waals surface area contributed by atoms with Crippen molar-refractivity contribution in [2.24, 2.45) is 7.05 Å². The van der Waals surface area contributed by atoms with Gasteiger partial charge in [0, 0.05) is 19.7 Å². The van der Waals surface area contributed by atoms with E-state index in [9.17, 15) is 13.2 Å². The van der Waals surface area contributed by atoms with Gasteiger partial charge in [-0.05, 0) is 29.8 Å². The summed E-state index contributed by atoms with van der Waals surface area (Å²) in [6.45, 7) is 0. The van der Waals surface area contributed by atoms with Crippen LogP contribution in [0.3, 0.4) is 0 Å². The summed E-state index contributed by atoms with van der Waals surface area (Å²) in [5, 5.41) is 0. The summed E-state index contributed by atoms with van der Waals surface area (Å²) in [6, 6.07) is 8.81. The number of aromatic nitrogens is 3. The zero-order valence-corrected chi connectivity index (χ0v) is 11.2. The van der Waals surface area contributed by atoms with Gasteiger partial charge in [0.25, 0.3) is 0 Å². The van der Waals surface area contributed by atoms with Gasteiger partial charge in [-0.1, -0.05) is 12.1 Å². The fourth-order valence-electron chi connectivity index (χ4n) is 2.22. The van der Waals surface area contributed by atoms with Crippen molar-refractivity contribution in [3.05, 3.63) is 59.5 Å². The molecule has 0 radical (unpaired) electrons. The molecule has 0 bridgehead atoms. The van der Waals surface area contributed by atoms with Gasteiger partial charge in [-0.15, -0.1) is 0 Å². The van der Waals surface area contributed by atoms with Gasteiger partial charge in [-0.2, -0.15) is 13.2 Å². The maximum absolute atomic E-state index is 12.5. The maximum Gasteiger partial charge on any atom is 0.416 e. The summed E-state index contributed by atoms with van der Waals surface area (Å²) in [5.74, 6) is 0.767. The lowest BCUT2D eigenvalue weighted by Crippen LogP contribution is -2.05. The smallest absolute Gasteiger partial charge is 0.316 e. The highest BCUT2D eigenvalue weighted by atomic mass is 19.4. The molecule has 6 heteroatoms. The van der Waals surface area contributed by atoms with Crippen LogP contribution < -0.4 is 0 Å². The molecule has 2 aromatic heterocycles. The number of pyridine rings is 1. The summed E-state index contributed by atoms with van der Waals surface area (Å²) in [5.41, 5.74) is 1.68. The Bertz CT molecular complexity index is 773. The predicted molar refractivity (Wildman–Crippen MR) is 72.8 cm³/mol. The Hall–Kier alpha value is -2.37. The highest BCUT2D eigenvalue weighted by molar-refractivity contribution is 5.71. The van der Waals surface area contributed by atoms with Crippen LogP contribution in [0.25, 0.3) is 11.2 Å². The number of alkyl halides is 3. The molecule has 108 valence electrons. The molecule has 3 nitrogen and oxygen atoms in total. The van der Waals surface area contributed by atoms with Crippen LogP contribution >= 0.6 is 0 Å². The standard InChI is InChI=1S/C15H12F3N3/c1-21-13(20-12-3-2-8-19-14(12)21)9-10-4-6-11(7-5-10)15(16,17)18/h2-8H,9H2,1H3. The van der Waals surface area contributed by atoms with Gasteiger partial charge in [0.15, 0.2) is 5.65 Å². The summed E-state index contributed by atoms with van der Waals surface area (Å²) in [7, 11) is 1.85. The molecular formula is C15H12F3N3. The predicted octanol–water partition coefficient (Wildman–Crippen LogP) is 3.58. The molecule has 2 heterocycles. The minimum absolute atomic E-state index is 0.463. The first-order chi connectivity index (χ1) is 9.95. The molecule has 0 spiro atoms. The average Bonchev–Trinajstić information content (AvgIpc) is 2.76. The highest BCUT2D eigenvalue weighted by Gasteiger charge is 2.29. The van der Waals surface area contributed by atoms with Crippen LogP contribution in [0.1, 0.15) is 17.0 Å². The second-order valence-corrected chi connectivity index (χ2v) is 4.80. The van der Waals surface area contributed by atoms with Gasteiger partial charge in [-0.3, -0.25) is 0 Å². The van der Waals surface area contributed by atoms with Crippen LogP contribution in [-0.2, 0) is 19.6 Å². The molecule has 0 fully saturated rings. The van der Waals surface area contributed by atoms with Gasteiger partial charge in [0.2, 0.25) is 0 Å². The quantitative estimate of drug-likeness (QED) is 0.722. The number of hydrogen-bond acceptors (Lipinski definition) is 2.